The molecule has 2 N–H and O–H groups in total. The molecule has 1 heterocycles. The fourth-order valence-corrected chi connectivity index (χ4v) is 2.49. The Kier molecular flexibility index (Phi) is 5.04. The van der Waals surface area contributed by atoms with Crippen LogP contribution in [0.3, 0.4) is 0 Å². The number of carbonyl (C=O) groups excluding carboxylic acids is 2. The molecule has 0 radical (unpaired) electrons. The van der Waals surface area contributed by atoms with Gasteiger partial charge >= 0.3 is 11.9 Å². The molecule has 0 aliphatic carbocycles. The third kappa shape index (κ3) is 5.38. The first-order valence-electron chi connectivity index (χ1n) is 6.69. The van der Waals surface area contributed by atoms with E-state index in [0.717, 1.165) is 0 Å². The van der Waals surface area contributed by atoms with Gasteiger partial charge in [-0.15, -0.1) is 11.3 Å². The Labute approximate surface area is 129 Å². The summed E-state index contributed by atoms with van der Waals surface area (Å²) in [7, 11) is 0. The summed E-state index contributed by atoms with van der Waals surface area (Å²) in [6.07, 6.45) is 0. The highest BCUT2D eigenvalue weighted by molar-refractivity contribution is 7.10. The lowest BCUT2D eigenvalue weighted by atomic mass is 10.1. The molecule has 0 aliphatic heterocycles. The van der Waals surface area contributed by atoms with Crippen molar-refractivity contribution in [3.05, 3.63) is 16.3 Å². The number of anilines is 1. The second kappa shape index (κ2) is 6.05. The number of hydrogen-bond acceptors (Lipinski definition) is 6. The first kappa shape index (κ1) is 17.5. The molecule has 6 heteroatoms. The van der Waals surface area contributed by atoms with E-state index in [2.05, 4.69) is 0 Å². The van der Waals surface area contributed by atoms with E-state index in [9.17, 15) is 9.59 Å². The van der Waals surface area contributed by atoms with Crippen molar-refractivity contribution in [3.8, 4) is 0 Å². The Morgan fingerprint density at radius 2 is 1.48 bits per heavy atom. The van der Waals surface area contributed by atoms with Crippen molar-refractivity contribution in [1.29, 1.82) is 0 Å². The summed E-state index contributed by atoms with van der Waals surface area (Å²) in [6, 6.07) is 1.65. The molecule has 0 aromatic carbocycles. The lowest BCUT2D eigenvalue weighted by Crippen LogP contribution is -2.35. The molecule has 118 valence electrons. The molecule has 1 rings (SSSR count). The third-order valence-electron chi connectivity index (χ3n) is 2.27. The van der Waals surface area contributed by atoms with Crippen LogP contribution in [0.25, 0.3) is 0 Å². The van der Waals surface area contributed by atoms with E-state index in [1.165, 1.54) is 11.3 Å². The van der Waals surface area contributed by atoms with Gasteiger partial charge in [-0.1, -0.05) is 0 Å². The van der Waals surface area contributed by atoms with Crippen LogP contribution >= 0.6 is 11.3 Å². The second-order valence-electron chi connectivity index (χ2n) is 6.74. The maximum atomic E-state index is 12.4. The zero-order valence-electron chi connectivity index (χ0n) is 13.4. The van der Waals surface area contributed by atoms with E-state index in [1.807, 2.05) is 0 Å². The van der Waals surface area contributed by atoms with Crippen LogP contribution in [0.2, 0.25) is 0 Å². The van der Waals surface area contributed by atoms with E-state index in [-0.39, 0.29) is 0 Å². The van der Waals surface area contributed by atoms with Crippen molar-refractivity contribution in [2.75, 3.05) is 5.73 Å². The smallest absolute Gasteiger partial charge is 0.326 e. The molecule has 0 amide bonds. The highest BCUT2D eigenvalue weighted by Crippen LogP contribution is 2.32. The molecule has 21 heavy (non-hydrogen) atoms. The van der Waals surface area contributed by atoms with Crippen LogP contribution in [0, 0.1) is 0 Å². The maximum absolute atomic E-state index is 12.4. The molecule has 1 aromatic heterocycles. The standard InChI is InChI=1S/C15H23NO4S/c1-14(2,3)19-12(17)10(11-9(16)7-8-21-11)13(18)20-15(4,5)6/h7-8,10H,16H2,1-6H3. The molecular weight excluding hydrogens is 290 g/mol. The number of carbonyl (C=O) groups is 2. The minimum absolute atomic E-state index is 0.390. The second-order valence-corrected chi connectivity index (χ2v) is 7.69. The van der Waals surface area contributed by atoms with Gasteiger partial charge < -0.3 is 15.2 Å². The van der Waals surface area contributed by atoms with Crippen molar-refractivity contribution in [2.24, 2.45) is 0 Å². The van der Waals surface area contributed by atoms with Crippen molar-refractivity contribution in [3.63, 3.8) is 0 Å². The van der Waals surface area contributed by atoms with Crippen LogP contribution in [0.15, 0.2) is 11.4 Å². The number of esters is 2. The first-order chi connectivity index (χ1) is 9.41. The van der Waals surface area contributed by atoms with Gasteiger partial charge in [0, 0.05) is 5.69 Å². The topological polar surface area (TPSA) is 78.6 Å². The summed E-state index contributed by atoms with van der Waals surface area (Å²) >= 11 is 1.24. The fourth-order valence-electron chi connectivity index (χ4n) is 1.60. The van der Waals surface area contributed by atoms with Crippen LogP contribution in [0.1, 0.15) is 52.3 Å². The monoisotopic (exact) mass is 313 g/mol. The number of rotatable bonds is 3. The van der Waals surface area contributed by atoms with Gasteiger partial charge in [0.05, 0.1) is 4.88 Å². The number of ether oxygens (including phenoxy) is 2. The van der Waals surface area contributed by atoms with Gasteiger partial charge in [0.15, 0.2) is 5.92 Å². The quantitative estimate of drug-likeness (QED) is 0.685. The van der Waals surface area contributed by atoms with Crippen molar-refractivity contribution >= 4 is 29.0 Å². The summed E-state index contributed by atoms with van der Waals surface area (Å²) in [5.74, 6) is -2.44. The van der Waals surface area contributed by atoms with Gasteiger partial charge in [-0.2, -0.15) is 0 Å². The summed E-state index contributed by atoms with van der Waals surface area (Å²) < 4.78 is 10.7. The average molecular weight is 313 g/mol. The van der Waals surface area contributed by atoms with Crippen molar-refractivity contribution in [2.45, 2.75) is 58.7 Å². The van der Waals surface area contributed by atoms with Gasteiger partial charge in [-0.05, 0) is 53.0 Å². The Hall–Kier alpha value is -1.56. The molecule has 0 unspecified atom stereocenters. The molecule has 0 saturated carbocycles. The molecule has 0 spiro atoms. The average Bonchev–Trinajstić information content (AvgIpc) is 2.59. The number of nitrogens with two attached hydrogens (primary N) is 1. The lowest BCUT2D eigenvalue weighted by Gasteiger charge is -2.26. The van der Waals surface area contributed by atoms with Crippen LogP contribution in [0.5, 0.6) is 0 Å². The fraction of sp³-hybridized carbons (Fsp3) is 0.600. The Morgan fingerprint density at radius 3 is 1.76 bits per heavy atom. The molecule has 0 saturated heterocycles. The summed E-state index contributed by atoms with van der Waals surface area (Å²) in [4.78, 5) is 25.2. The summed E-state index contributed by atoms with van der Waals surface area (Å²) in [5.41, 5.74) is 4.85. The van der Waals surface area contributed by atoms with Gasteiger partial charge in [0.25, 0.3) is 0 Å². The van der Waals surface area contributed by atoms with Crippen LogP contribution in [0.4, 0.5) is 5.69 Å². The minimum Gasteiger partial charge on any atom is -0.459 e. The predicted molar refractivity (Wildman–Crippen MR) is 83.2 cm³/mol. The molecule has 0 fully saturated rings. The highest BCUT2D eigenvalue weighted by Gasteiger charge is 2.38. The van der Waals surface area contributed by atoms with Gasteiger partial charge in [0.2, 0.25) is 0 Å². The summed E-state index contributed by atoms with van der Waals surface area (Å²) in [6.45, 7) is 10.5. The normalized spacial score (nSPS) is 12.3. The zero-order valence-corrected chi connectivity index (χ0v) is 14.2. The zero-order chi connectivity index (χ0) is 16.4. The maximum Gasteiger partial charge on any atom is 0.326 e. The Morgan fingerprint density at radius 1 is 1.05 bits per heavy atom. The first-order valence-corrected chi connectivity index (χ1v) is 7.57. The minimum atomic E-state index is -1.15. The number of nitrogen functional groups attached to an aromatic ring is 1. The van der Waals surface area contributed by atoms with Crippen LogP contribution in [-0.4, -0.2) is 23.1 Å². The van der Waals surface area contributed by atoms with Gasteiger partial charge in [-0.25, -0.2) is 0 Å². The van der Waals surface area contributed by atoms with E-state index in [4.69, 9.17) is 15.2 Å². The van der Waals surface area contributed by atoms with E-state index in [1.54, 1.807) is 53.0 Å². The Balaban J connectivity index is 3.10. The summed E-state index contributed by atoms with van der Waals surface area (Å²) in [5, 5.41) is 1.73. The van der Waals surface area contributed by atoms with Crippen molar-refractivity contribution < 1.29 is 19.1 Å². The van der Waals surface area contributed by atoms with Gasteiger partial charge in [-0.3, -0.25) is 9.59 Å². The molecule has 0 atom stereocenters. The third-order valence-corrected chi connectivity index (χ3v) is 3.27. The molecule has 0 bridgehead atoms. The lowest BCUT2D eigenvalue weighted by molar-refractivity contribution is -0.169. The van der Waals surface area contributed by atoms with Gasteiger partial charge in [0.1, 0.15) is 11.2 Å². The van der Waals surface area contributed by atoms with E-state index in [0.29, 0.717) is 10.6 Å². The molecular formula is C15H23NO4S. The number of hydrogen-bond donors (Lipinski definition) is 1. The Bertz CT molecular complexity index is 495. The van der Waals surface area contributed by atoms with E-state index >= 15 is 0 Å². The highest BCUT2D eigenvalue weighted by atomic mass is 32.1. The van der Waals surface area contributed by atoms with Crippen LogP contribution in [-0.2, 0) is 19.1 Å². The van der Waals surface area contributed by atoms with Crippen molar-refractivity contribution in [1.82, 2.24) is 0 Å². The molecule has 0 aliphatic rings. The number of thiophene rings is 1. The molecule has 5 nitrogen and oxygen atoms in total. The largest absolute Gasteiger partial charge is 0.459 e. The predicted octanol–water partition coefficient (Wildman–Crippen LogP) is 3.10. The molecule has 1 aromatic rings. The van der Waals surface area contributed by atoms with E-state index < -0.39 is 29.1 Å². The SMILES string of the molecule is CC(C)(C)OC(=O)C(C(=O)OC(C)(C)C)c1sccc1N. The van der Waals surface area contributed by atoms with Crippen LogP contribution < -0.4 is 5.73 Å².